The van der Waals surface area contributed by atoms with Crippen LogP contribution < -0.4 is 9.46 Å². The molecule has 7 nitrogen and oxygen atoms in total. The molecule has 1 aliphatic carbocycles. The van der Waals surface area contributed by atoms with Gasteiger partial charge in [-0.3, -0.25) is 14.8 Å². The first-order valence-corrected chi connectivity index (χ1v) is 12.2. The zero-order valence-electron chi connectivity index (χ0n) is 16.6. The first-order valence-electron chi connectivity index (χ1n) is 10.5. The van der Waals surface area contributed by atoms with E-state index in [2.05, 4.69) is 31.6 Å². The standard InChI is InChI=1S/C21H28N4O3S/c26-29(27)10-9-24(14-23-29)12-16-11-17-13-25(18-5-2-1-3-6-18)15-28-21(17)20-19(16)7-4-8-22-20/h4,7-8,11,18,23H,1-3,5-6,9-10,12-15H2. The van der Waals surface area contributed by atoms with Crippen LogP contribution >= 0.6 is 0 Å². The molecule has 0 bridgehead atoms. The van der Waals surface area contributed by atoms with Crippen LogP contribution in [0.25, 0.3) is 10.9 Å². The summed E-state index contributed by atoms with van der Waals surface area (Å²) in [5, 5.41) is 1.09. The van der Waals surface area contributed by atoms with Crippen LogP contribution in [0.3, 0.4) is 0 Å². The summed E-state index contributed by atoms with van der Waals surface area (Å²) in [5.41, 5.74) is 3.29. The highest BCUT2D eigenvalue weighted by molar-refractivity contribution is 7.89. The molecule has 1 aromatic heterocycles. The van der Waals surface area contributed by atoms with E-state index in [1.165, 1.54) is 43.2 Å². The Balaban J connectivity index is 1.44. The summed E-state index contributed by atoms with van der Waals surface area (Å²) in [6.07, 6.45) is 8.29. The fourth-order valence-electron chi connectivity index (χ4n) is 4.82. The second-order valence-electron chi connectivity index (χ2n) is 8.41. The molecule has 156 valence electrons. The van der Waals surface area contributed by atoms with Gasteiger partial charge in [-0.1, -0.05) is 25.3 Å². The first-order chi connectivity index (χ1) is 14.1. The van der Waals surface area contributed by atoms with Gasteiger partial charge in [0.2, 0.25) is 10.0 Å². The highest BCUT2D eigenvalue weighted by Gasteiger charge is 2.28. The molecule has 1 N–H and O–H groups in total. The Labute approximate surface area is 172 Å². The van der Waals surface area contributed by atoms with Gasteiger partial charge in [0.25, 0.3) is 0 Å². The van der Waals surface area contributed by atoms with Crippen LogP contribution in [0.4, 0.5) is 0 Å². The summed E-state index contributed by atoms with van der Waals surface area (Å²) in [5.74, 6) is 1.06. The third kappa shape index (κ3) is 3.99. The lowest BCUT2D eigenvalue weighted by Crippen LogP contribution is -2.47. The van der Waals surface area contributed by atoms with E-state index >= 15 is 0 Å². The van der Waals surface area contributed by atoms with E-state index in [0.29, 0.717) is 32.5 Å². The van der Waals surface area contributed by atoms with Crippen LogP contribution in [-0.2, 0) is 23.1 Å². The van der Waals surface area contributed by atoms with E-state index in [1.807, 2.05) is 12.3 Å². The number of aromatic nitrogens is 1. The average Bonchev–Trinajstić information content (AvgIpc) is 2.75. The van der Waals surface area contributed by atoms with Gasteiger partial charge in [0.1, 0.15) is 12.2 Å². The predicted octanol–water partition coefficient (Wildman–Crippen LogP) is 2.41. The number of nitrogens with zero attached hydrogens (tertiary/aromatic N) is 3. The molecule has 5 rings (SSSR count). The minimum Gasteiger partial charge on any atom is -0.475 e. The van der Waals surface area contributed by atoms with Gasteiger partial charge in [-0.15, -0.1) is 0 Å². The van der Waals surface area contributed by atoms with Crippen LogP contribution in [0.1, 0.15) is 43.2 Å². The maximum absolute atomic E-state index is 11.7. The number of sulfonamides is 1. The Bertz CT molecular complexity index is 990. The Morgan fingerprint density at radius 3 is 2.90 bits per heavy atom. The summed E-state index contributed by atoms with van der Waals surface area (Å²) < 4.78 is 32.2. The van der Waals surface area contributed by atoms with Crippen LogP contribution in [0.2, 0.25) is 0 Å². The predicted molar refractivity (Wildman–Crippen MR) is 112 cm³/mol. The highest BCUT2D eigenvalue weighted by Crippen LogP contribution is 2.37. The SMILES string of the molecule is O=S1(=O)CCN(Cc2cc3c(c4ncccc24)OCN(C2CCCCC2)C3)CN1. The van der Waals surface area contributed by atoms with Gasteiger partial charge in [0, 0.05) is 42.8 Å². The van der Waals surface area contributed by atoms with E-state index < -0.39 is 10.0 Å². The Morgan fingerprint density at radius 2 is 2.10 bits per heavy atom. The van der Waals surface area contributed by atoms with Gasteiger partial charge in [-0.2, -0.15) is 0 Å². The summed E-state index contributed by atoms with van der Waals surface area (Å²) in [4.78, 5) is 9.24. The number of hydrogen-bond donors (Lipinski definition) is 1. The minimum absolute atomic E-state index is 0.146. The zero-order valence-corrected chi connectivity index (χ0v) is 17.5. The molecule has 8 heteroatoms. The molecule has 0 unspecified atom stereocenters. The topological polar surface area (TPSA) is 74.8 Å². The van der Waals surface area contributed by atoms with Crippen molar-refractivity contribution in [2.75, 3.05) is 25.7 Å². The second-order valence-corrected chi connectivity index (χ2v) is 10.3. The molecule has 1 saturated carbocycles. The van der Waals surface area contributed by atoms with Crippen molar-refractivity contribution in [3.05, 3.63) is 35.5 Å². The molecule has 0 amide bonds. The Kier molecular flexibility index (Phi) is 5.19. The average molecular weight is 417 g/mol. The first kappa shape index (κ1) is 19.2. The van der Waals surface area contributed by atoms with Gasteiger partial charge >= 0.3 is 0 Å². The molecule has 29 heavy (non-hydrogen) atoms. The Morgan fingerprint density at radius 1 is 1.24 bits per heavy atom. The van der Waals surface area contributed by atoms with Gasteiger partial charge in [-0.25, -0.2) is 13.1 Å². The normalized spacial score (nSPS) is 23.6. The molecule has 2 aliphatic heterocycles. The van der Waals surface area contributed by atoms with Crippen molar-refractivity contribution in [2.24, 2.45) is 0 Å². The number of fused-ring (bicyclic) bond motifs is 3. The monoisotopic (exact) mass is 416 g/mol. The van der Waals surface area contributed by atoms with Gasteiger partial charge in [-0.05, 0) is 30.5 Å². The zero-order chi connectivity index (χ0) is 19.8. The number of nitrogens with one attached hydrogen (secondary N) is 1. The van der Waals surface area contributed by atoms with Crippen molar-refractivity contribution in [3.8, 4) is 5.75 Å². The molecular formula is C21H28N4O3S. The lowest BCUT2D eigenvalue weighted by molar-refractivity contribution is 0.0413. The molecule has 0 atom stereocenters. The molecule has 1 aromatic carbocycles. The van der Waals surface area contributed by atoms with E-state index in [0.717, 1.165) is 23.2 Å². The van der Waals surface area contributed by atoms with Crippen molar-refractivity contribution in [2.45, 2.75) is 51.2 Å². The number of rotatable bonds is 3. The molecule has 2 aromatic rings. The maximum Gasteiger partial charge on any atom is 0.213 e. The van der Waals surface area contributed by atoms with E-state index in [4.69, 9.17) is 4.74 Å². The van der Waals surface area contributed by atoms with Gasteiger partial charge < -0.3 is 4.74 Å². The van der Waals surface area contributed by atoms with Crippen molar-refractivity contribution < 1.29 is 13.2 Å². The molecule has 1 saturated heterocycles. The minimum atomic E-state index is -3.12. The molecule has 3 aliphatic rings. The fraction of sp³-hybridized carbons (Fsp3) is 0.571. The molecule has 2 fully saturated rings. The van der Waals surface area contributed by atoms with Crippen molar-refractivity contribution in [1.29, 1.82) is 0 Å². The van der Waals surface area contributed by atoms with Crippen molar-refractivity contribution >= 4 is 20.9 Å². The van der Waals surface area contributed by atoms with Crippen molar-refractivity contribution in [3.63, 3.8) is 0 Å². The lowest BCUT2D eigenvalue weighted by atomic mass is 9.93. The van der Waals surface area contributed by atoms with Gasteiger partial charge in [0.15, 0.2) is 5.75 Å². The fourth-order valence-corrected chi connectivity index (χ4v) is 5.84. The lowest BCUT2D eigenvalue weighted by Gasteiger charge is -2.38. The number of hydrogen-bond acceptors (Lipinski definition) is 6. The van der Waals surface area contributed by atoms with Crippen LogP contribution in [0.5, 0.6) is 5.75 Å². The highest BCUT2D eigenvalue weighted by atomic mass is 32.2. The number of benzene rings is 1. The number of pyridine rings is 1. The molecule has 0 spiro atoms. The summed E-state index contributed by atoms with van der Waals surface area (Å²) in [6, 6.07) is 6.89. The maximum atomic E-state index is 11.7. The summed E-state index contributed by atoms with van der Waals surface area (Å²) in [7, 11) is -3.12. The van der Waals surface area contributed by atoms with Crippen LogP contribution in [0, 0.1) is 0 Å². The molecule has 3 heterocycles. The smallest absolute Gasteiger partial charge is 0.213 e. The summed E-state index contributed by atoms with van der Waals surface area (Å²) >= 11 is 0. The number of ether oxygens (including phenoxy) is 1. The van der Waals surface area contributed by atoms with Crippen LogP contribution in [-0.4, -0.2) is 54.9 Å². The van der Waals surface area contributed by atoms with Crippen LogP contribution in [0.15, 0.2) is 24.4 Å². The van der Waals surface area contributed by atoms with E-state index in [1.54, 1.807) is 0 Å². The largest absolute Gasteiger partial charge is 0.475 e. The van der Waals surface area contributed by atoms with Crippen molar-refractivity contribution in [1.82, 2.24) is 19.5 Å². The third-order valence-electron chi connectivity index (χ3n) is 6.43. The van der Waals surface area contributed by atoms with Gasteiger partial charge in [0.05, 0.1) is 12.4 Å². The Hall–Kier alpha value is -1.74. The summed E-state index contributed by atoms with van der Waals surface area (Å²) in [6.45, 7) is 3.12. The van der Waals surface area contributed by atoms with E-state index in [9.17, 15) is 8.42 Å². The molecular weight excluding hydrogens is 388 g/mol. The third-order valence-corrected chi connectivity index (χ3v) is 7.72. The molecule has 0 radical (unpaired) electrons. The second kappa shape index (κ2) is 7.83. The van der Waals surface area contributed by atoms with E-state index in [-0.39, 0.29) is 5.75 Å². The quantitative estimate of drug-likeness (QED) is 0.828.